The quantitative estimate of drug-likeness (QED) is 0.580. The Morgan fingerprint density at radius 3 is 2.72 bits per heavy atom. The average molecular weight is 387 g/mol. The molecule has 1 aliphatic heterocycles. The van der Waals surface area contributed by atoms with Crippen LogP contribution in [0.2, 0.25) is 0 Å². The Morgan fingerprint density at radius 1 is 1.07 bits per heavy atom. The van der Waals surface area contributed by atoms with E-state index < -0.39 is 0 Å². The summed E-state index contributed by atoms with van der Waals surface area (Å²) in [6, 6.07) is 17.8. The number of aromatic nitrogens is 2. The lowest BCUT2D eigenvalue weighted by molar-refractivity contribution is 0.0299. The van der Waals surface area contributed by atoms with Crippen molar-refractivity contribution in [2.45, 2.75) is 0 Å². The first kappa shape index (κ1) is 17.7. The molecule has 2 aromatic carbocycles. The molecule has 6 heteroatoms. The van der Waals surface area contributed by atoms with Gasteiger partial charge in [0.05, 0.1) is 31.5 Å². The molecule has 29 heavy (non-hydrogen) atoms. The van der Waals surface area contributed by atoms with Gasteiger partial charge in [0.15, 0.2) is 0 Å². The molecule has 1 N–H and O–H groups in total. The van der Waals surface area contributed by atoms with E-state index in [9.17, 15) is 4.79 Å². The van der Waals surface area contributed by atoms with E-state index >= 15 is 0 Å². The maximum atomic E-state index is 13.2. The second-order valence-corrected chi connectivity index (χ2v) is 7.09. The summed E-state index contributed by atoms with van der Waals surface area (Å²) in [5.74, 6) is 0.683. The van der Waals surface area contributed by atoms with Crippen LogP contribution in [-0.2, 0) is 4.74 Å². The summed E-state index contributed by atoms with van der Waals surface area (Å²) >= 11 is 0. The third kappa shape index (κ3) is 3.11. The van der Waals surface area contributed by atoms with Gasteiger partial charge < -0.3 is 19.4 Å². The number of benzene rings is 2. The zero-order chi connectivity index (χ0) is 19.8. The Balaban J connectivity index is 1.74. The highest BCUT2D eigenvalue weighted by Gasteiger charge is 2.22. The van der Waals surface area contributed by atoms with E-state index in [1.54, 1.807) is 7.11 Å². The lowest BCUT2D eigenvalue weighted by Gasteiger charge is -2.26. The number of hydrogen-bond acceptors (Lipinski definition) is 4. The van der Waals surface area contributed by atoms with Crippen LogP contribution in [0.1, 0.15) is 10.5 Å². The number of H-pyrrole nitrogens is 1. The number of para-hydroxylation sites is 1. The molecule has 0 bridgehead atoms. The normalized spacial score (nSPS) is 14.4. The summed E-state index contributed by atoms with van der Waals surface area (Å²) in [6.45, 7) is 2.29. The maximum Gasteiger partial charge on any atom is 0.272 e. The molecule has 0 unspecified atom stereocenters. The minimum Gasteiger partial charge on any atom is -0.497 e. The van der Waals surface area contributed by atoms with Gasteiger partial charge in [0.25, 0.3) is 5.91 Å². The second-order valence-electron chi connectivity index (χ2n) is 7.09. The van der Waals surface area contributed by atoms with E-state index in [0.29, 0.717) is 32.0 Å². The highest BCUT2D eigenvalue weighted by Crippen LogP contribution is 2.34. The lowest BCUT2D eigenvalue weighted by atomic mass is 10.1. The first-order chi connectivity index (χ1) is 14.2. The Morgan fingerprint density at radius 2 is 1.90 bits per heavy atom. The van der Waals surface area contributed by atoms with Gasteiger partial charge in [-0.15, -0.1) is 0 Å². The molecule has 1 saturated heterocycles. The summed E-state index contributed by atoms with van der Waals surface area (Å²) in [5.41, 5.74) is 4.02. The van der Waals surface area contributed by atoms with Crippen LogP contribution in [0.15, 0.2) is 54.6 Å². The minimum absolute atomic E-state index is 0.0652. The number of nitrogens with zero attached hydrogens (tertiary/aromatic N) is 2. The van der Waals surface area contributed by atoms with Crippen LogP contribution in [0, 0.1) is 0 Å². The fraction of sp³-hybridized carbons (Fsp3) is 0.217. The molecule has 1 fully saturated rings. The van der Waals surface area contributed by atoms with Crippen molar-refractivity contribution in [1.82, 2.24) is 14.9 Å². The van der Waals surface area contributed by atoms with Crippen molar-refractivity contribution in [2.75, 3.05) is 33.4 Å². The van der Waals surface area contributed by atoms with Gasteiger partial charge in [-0.05, 0) is 24.3 Å². The number of methoxy groups -OCH3 is 1. The van der Waals surface area contributed by atoms with E-state index in [1.165, 1.54) is 0 Å². The van der Waals surface area contributed by atoms with Crippen LogP contribution in [0.4, 0.5) is 0 Å². The second kappa shape index (κ2) is 7.22. The molecule has 4 aromatic rings. The van der Waals surface area contributed by atoms with Crippen LogP contribution >= 0.6 is 0 Å². The molecule has 6 nitrogen and oxygen atoms in total. The van der Waals surface area contributed by atoms with Gasteiger partial charge in [0.1, 0.15) is 11.4 Å². The average Bonchev–Trinajstić information content (AvgIpc) is 3.17. The Hall–Kier alpha value is -3.38. The number of morpholine rings is 1. The molecule has 0 saturated carbocycles. The van der Waals surface area contributed by atoms with E-state index in [4.69, 9.17) is 14.5 Å². The SMILES string of the molecule is COc1cccc(-c2nc(C(=O)N3CCOCC3)cc3c2[nH]c2ccccc23)c1. The van der Waals surface area contributed by atoms with E-state index in [-0.39, 0.29) is 5.91 Å². The van der Waals surface area contributed by atoms with Gasteiger partial charge in [-0.3, -0.25) is 4.79 Å². The number of rotatable bonds is 3. The van der Waals surface area contributed by atoms with E-state index in [0.717, 1.165) is 38.8 Å². The zero-order valence-electron chi connectivity index (χ0n) is 16.1. The van der Waals surface area contributed by atoms with Crippen LogP contribution in [0.25, 0.3) is 33.1 Å². The van der Waals surface area contributed by atoms with Crippen molar-refractivity contribution in [1.29, 1.82) is 0 Å². The lowest BCUT2D eigenvalue weighted by Crippen LogP contribution is -2.41. The molecular weight excluding hydrogens is 366 g/mol. The third-order valence-corrected chi connectivity index (χ3v) is 5.36. The fourth-order valence-electron chi connectivity index (χ4n) is 3.86. The number of nitrogens with one attached hydrogen (secondary N) is 1. The van der Waals surface area contributed by atoms with Crippen molar-refractivity contribution in [3.8, 4) is 17.0 Å². The molecule has 2 aromatic heterocycles. The largest absolute Gasteiger partial charge is 0.497 e. The first-order valence-corrected chi connectivity index (χ1v) is 9.67. The fourth-order valence-corrected chi connectivity index (χ4v) is 3.86. The number of carbonyl (C=O) groups excluding carboxylic acids is 1. The molecule has 0 spiro atoms. The summed E-state index contributed by atoms with van der Waals surface area (Å²) in [6.07, 6.45) is 0. The van der Waals surface area contributed by atoms with Crippen molar-refractivity contribution in [2.24, 2.45) is 0 Å². The number of ether oxygens (including phenoxy) is 2. The number of fused-ring (bicyclic) bond motifs is 3. The monoisotopic (exact) mass is 387 g/mol. The number of amides is 1. The number of hydrogen-bond donors (Lipinski definition) is 1. The first-order valence-electron chi connectivity index (χ1n) is 9.67. The molecule has 5 rings (SSSR count). The molecule has 0 radical (unpaired) electrons. The van der Waals surface area contributed by atoms with Crippen LogP contribution in [0.5, 0.6) is 5.75 Å². The van der Waals surface area contributed by atoms with Gasteiger partial charge >= 0.3 is 0 Å². The predicted octanol–water partition coefficient (Wildman–Crippen LogP) is 3.86. The minimum atomic E-state index is -0.0652. The predicted molar refractivity (Wildman–Crippen MR) is 112 cm³/mol. The molecule has 1 amide bonds. The highest BCUT2D eigenvalue weighted by molar-refractivity contribution is 6.13. The van der Waals surface area contributed by atoms with Crippen LogP contribution in [-0.4, -0.2) is 54.2 Å². The van der Waals surface area contributed by atoms with E-state index in [1.807, 2.05) is 53.4 Å². The van der Waals surface area contributed by atoms with Crippen LogP contribution in [0.3, 0.4) is 0 Å². The summed E-state index contributed by atoms with van der Waals surface area (Å²) in [5, 5.41) is 2.06. The zero-order valence-corrected chi connectivity index (χ0v) is 16.1. The van der Waals surface area contributed by atoms with Gasteiger partial charge in [-0.1, -0.05) is 30.3 Å². The van der Waals surface area contributed by atoms with Gasteiger partial charge in [0, 0.05) is 34.9 Å². The molecule has 3 heterocycles. The Bertz CT molecular complexity index is 1210. The van der Waals surface area contributed by atoms with Crippen molar-refractivity contribution >= 4 is 27.7 Å². The summed E-state index contributed by atoms with van der Waals surface area (Å²) in [7, 11) is 1.64. The topological polar surface area (TPSA) is 67.4 Å². The maximum absolute atomic E-state index is 13.2. The number of pyridine rings is 1. The summed E-state index contributed by atoms with van der Waals surface area (Å²) in [4.78, 5) is 23.3. The smallest absolute Gasteiger partial charge is 0.272 e. The van der Waals surface area contributed by atoms with Crippen LogP contribution < -0.4 is 4.74 Å². The van der Waals surface area contributed by atoms with Crippen molar-refractivity contribution < 1.29 is 14.3 Å². The van der Waals surface area contributed by atoms with Gasteiger partial charge in [-0.25, -0.2) is 4.98 Å². The third-order valence-electron chi connectivity index (χ3n) is 5.36. The Labute approximate surface area is 168 Å². The van der Waals surface area contributed by atoms with Gasteiger partial charge in [0.2, 0.25) is 0 Å². The molecule has 1 aliphatic rings. The summed E-state index contributed by atoms with van der Waals surface area (Å²) < 4.78 is 10.8. The van der Waals surface area contributed by atoms with Crippen molar-refractivity contribution in [3.05, 3.63) is 60.3 Å². The molecule has 146 valence electrons. The number of aromatic amines is 1. The molecule has 0 atom stereocenters. The highest BCUT2D eigenvalue weighted by atomic mass is 16.5. The standard InChI is InChI=1S/C23H21N3O3/c1-28-16-6-4-5-15(13-16)21-22-18(17-7-2-3-8-19(17)24-22)14-20(25-21)23(27)26-9-11-29-12-10-26/h2-8,13-14,24H,9-12H2,1H3. The number of carbonyl (C=O) groups is 1. The van der Waals surface area contributed by atoms with Crippen molar-refractivity contribution in [3.63, 3.8) is 0 Å². The Kier molecular flexibility index (Phi) is 4.41. The van der Waals surface area contributed by atoms with Gasteiger partial charge in [-0.2, -0.15) is 0 Å². The molecule has 0 aliphatic carbocycles. The molecular formula is C23H21N3O3. The van der Waals surface area contributed by atoms with E-state index in [2.05, 4.69) is 11.1 Å².